The van der Waals surface area contributed by atoms with Crippen molar-refractivity contribution in [1.82, 2.24) is 5.16 Å². The zero-order valence-corrected chi connectivity index (χ0v) is 9.82. The zero-order valence-electron chi connectivity index (χ0n) is 8.24. The van der Waals surface area contributed by atoms with Crippen LogP contribution < -0.4 is 0 Å². The van der Waals surface area contributed by atoms with Crippen molar-refractivity contribution >= 4 is 19.7 Å². The lowest BCUT2D eigenvalue weighted by molar-refractivity contribution is 0.366. The summed E-state index contributed by atoms with van der Waals surface area (Å²) < 4.78 is 26.7. The van der Waals surface area contributed by atoms with Gasteiger partial charge in [0, 0.05) is 22.2 Å². The molecule has 0 spiro atoms. The molecule has 0 radical (unpaired) electrons. The highest BCUT2D eigenvalue weighted by atomic mass is 35.7. The number of hydrogen-bond acceptors (Lipinski definition) is 4. The van der Waals surface area contributed by atoms with Crippen LogP contribution in [-0.2, 0) is 14.8 Å². The van der Waals surface area contributed by atoms with E-state index in [1.165, 1.54) is 0 Å². The summed E-state index contributed by atoms with van der Waals surface area (Å²) in [5.41, 5.74) is 1.16. The summed E-state index contributed by atoms with van der Waals surface area (Å²) in [7, 11) is 1.56. The third-order valence-electron chi connectivity index (χ3n) is 1.89. The van der Waals surface area contributed by atoms with Crippen LogP contribution in [0.3, 0.4) is 0 Å². The SMILES string of the molecule is Cc1c(CS(=O)(=O)Cl)noc1C(C)C. The molecule has 0 saturated heterocycles. The Balaban J connectivity index is 3.02. The van der Waals surface area contributed by atoms with Gasteiger partial charge in [0.15, 0.2) is 0 Å². The monoisotopic (exact) mass is 237 g/mol. The summed E-state index contributed by atoms with van der Waals surface area (Å²) in [6.45, 7) is 5.68. The first-order valence-electron chi connectivity index (χ1n) is 4.18. The van der Waals surface area contributed by atoms with Gasteiger partial charge in [0.2, 0.25) is 9.05 Å². The van der Waals surface area contributed by atoms with Crippen LogP contribution in [0.15, 0.2) is 4.52 Å². The number of aromatic nitrogens is 1. The van der Waals surface area contributed by atoms with Gasteiger partial charge >= 0.3 is 0 Å². The van der Waals surface area contributed by atoms with Crippen molar-refractivity contribution in [2.24, 2.45) is 0 Å². The van der Waals surface area contributed by atoms with Crippen LogP contribution in [0, 0.1) is 6.92 Å². The van der Waals surface area contributed by atoms with Crippen LogP contribution >= 0.6 is 10.7 Å². The maximum absolute atomic E-state index is 10.8. The third kappa shape index (κ3) is 2.72. The fraction of sp³-hybridized carbons (Fsp3) is 0.625. The highest BCUT2D eigenvalue weighted by molar-refractivity contribution is 8.13. The molecule has 0 aliphatic carbocycles. The molecule has 0 saturated carbocycles. The molecule has 0 bridgehead atoms. The summed E-state index contributed by atoms with van der Waals surface area (Å²) in [4.78, 5) is 0. The fourth-order valence-corrected chi connectivity index (χ4v) is 2.13. The predicted molar refractivity (Wildman–Crippen MR) is 53.8 cm³/mol. The molecule has 6 heteroatoms. The van der Waals surface area contributed by atoms with E-state index < -0.39 is 9.05 Å². The van der Waals surface area contributed by atoms with E-state index in [0.717, 1.165) is 5.56 Å². The van der Waals surface area contributed by atoms with E-state index in [2.05, 4.69) is 5.16 Å². The molecule has 1 rings (SSSR count). The van der Waals surface area contributed by atoms with E-state index in [-0.39, 0.29) is 11.7 Å². The van der Waals surface area contributed by atoms with E-state index in [9.17, 15) is 8.42 Å². The van der Waals surface area contributed by atoms with Gasteiger partial charge in [-0.05, 0) is 6.92 Å². The molecular weight excluding hydrogens is 226 g/mol. The molecule has 0 N–H and O–H groups in total. The van der Waals surface area contributed by atoms with Crippen LogP contribution in [-0.4, -0.2) is 13.6 Å². The van der Waals surface area contributed by atoms with E-state index in [4.69, 9.17) is 15.2 Å². The number of nitrogens with zero attached hydrogens (tertiary/aromatic N) is 1. The Labute approximate surface area is 87.7 Å². The lowest BCUT2D eigenvalue weighted by Crippen LogP contribution is -1.97. The minimum Gasteiger partial charge on any atom is -0.361 e. The molecular formula is C8H12ClNO3S. The summed E-state index contributed by atoms with van der Waals surface area (Å²) in [5, 5.41) is 3.68. The van der Waals surface area contributed by atoms with Crippen molar-refractivity contribution in [3.8, 4) is 0 Å². The van der Waals surface area contributed by atoms with Gasteiger partial charge in [-0.3, -0.25) is 0 Å². The second kappa shape index (κ2) is 3.90. The van der Waals surface area contributed by atoms with Gasteiger partial charge in [-0.2, -0.15) is 0 Å². The molecule has 0 amide bonds. The molecule has 1 aromatic heterocycles. The average Bonchev–Trinajstić information content (AvgIpc) is 2.29. The normalized spacial score (nSPS) is 12.4. The number of rotatable bonds is 3. The summed E-state index contributed by atoms with van der Waals surface area (Å²) in [5.74, 6) is 0.617. The molecule has 0 aliphatic heterocycles. The predicted octanol–water partition coefficient (Wildman–Crippen LogP) is 2.18. The zero-order chi connectivity index (χ0) is 10.9. The average molecular weight is 238 g/mol. The van der Waals surface area contributed by atoms with Crippen molar-refractivity contribution in [3.63, 3.8) is 0 Å². The first kappa shape index (κ1) is 11.5. The van der Waals surface area contributed by atoms with E-state index in [0.29, 0.717) is 11.5 Å². The van der Waals surface area contributed by atoms with Crippen molar-refractivity contribution < 1.29 is 12.9 Å². The smallest absolute Gasteiger partial charge is 0.238 e. The lowest BCUT2D eigenvalue weighted by Gasteiger charge is -1.99. The maximum Gasteiger partial charge on any atom is 0.238 e. The Hall–Kier alpha value is -0.550. The van der Waals surface area contributed by atoms with E-state index in [1.807, 2.05) is 13.8 Å². The Bertz CT molecular complexity index is 422. The molecule has 4 nitrogen and oxygen atoms in total. The van der Waals surface area contributed by atoms with Crippen LogP contribution in [0.25, 0.3) is 0 Å². The van der Waals surface area contributed by atoms with Gasteiger partial charge < -0.3 is 4.52 Å². The summed E-state index contributed by atoms with van der Waals surface area (Å²) in [6.07, 6.45) is 0. The topological polar surface area (TPSA) is 60.2 Å². The second-order valence-electron chi connectivity index (χ2n) is 3.46. The maximum atomic E-state index is 10.8. The highest BCUT2D eigenvalue weighted by Gasteiger charge is 2.18. The minimum absolute atomic E-state index is 0.189. The van der Waals surface area contributed by atoms with Gasteiger partial charge in [-0.15, -0.1) is 0 Å². The Morgan fingerprint density at radius 3 is 2.43 bits per heavy atom. The molecule has 0 aliphatic rings. The minimum atomic E-state index is -3.56. The molecule has 1 heterocycles. The standard InChI is InChI=1S/C8H12ClNO3S/c1-5(2)8-6(3)7(10-13-8)4-14(9,11)12/h5H,4H2,1-3H3. The van der Waals surface area contributed by atoms with Crippen LogP contribution in [0.4, 0.5) is 0 Å². The van der Waals surface area contributed by atoms with Crippen molar-refractivity contribution in [3.05, 3.63) is 17.0 Å². The number of hydrogen-bond donors (Lipinski definition) is 0. The quantitative estimate of drug-likeness (QED) is 0.756. The van der Waals surface area contributed by atoms with Gasteiger partial charge in [0.05, 0.1) is 0 Å². The van der Waals surface area contributed by atoms with Crippen LogP contribution in [0.2, 0.25) is 0 Å². The molecule has 0 aromatic carbocycles. The largest absolute Gasteiger partial charge is 0.361 e. The van der Waals surface area contributed by atoms with Gasteiger partial charge in [-0.25, -0.2) is 8.42 Å². The molecule has 0 atom stereocenters. The van der Waals surface area contributed by atoms with E-state index in [1.54, 1.807) is 6.92 Å². The first-order chi connectivity index (χ1) is 6.31. The molecule has 80 valence electrons. The number of halogens is 1. The first-order valence-corrected chi connectivity index (χ1v) is 6.66. The van der Waals surface area contributed by atoms with Gasteiger partial charge in [-0.1, -0.05) is 19.0 Å². The molecule has 0 fully saturated rings. The molecule has 14 heavy (non-hydrogen) atoms. The van der Waals surface area contributed by atoms with Gasteiger partial charge in [0.1, 0.15) is 17.2 Å². The fourth-order valence-electron chi connectivity index (χ4n) is 1.22. The third-order valence-corrected chi connectivity index (χ3v) is 2.84. The summed E-state index contributed by atoms with van der Waals surface area (Å²) in [6, 6.07) is 0. The Morgan fingerprint density at radius 2 is 2.07 bits per heavy atom. The lowest BCUT2D eigenvalue weighted by atomic mass is 10.1. The van der Waals surface area contributed by atoms with Crippen LogP contribution in [0.1, 0.15) is 36.8 Å². The van der Waals surface area contributed by atoms with Crippen molar-refractivity contribution in [2.45, 2.75) is 32.4 Å². The van der Waals surface area contributed by atoms with E-state index >= 15 is 0 Å². The van der Waals surface area contributed by atoms with Crippen molar-refractivity contribution in [2.75, 3.05) is 0 Å². The molecule has 0 unspecified atom stereocenters. The van der Waals surface area contributed by atoms with Crippen molar-refractivity contribution in [1.29, 1.82) is 0 Å². The second-order valence-corrected chi connectivity index (χ2v) is 6.23. The van der Waals surface area contributed by atoms with Gasteiger partial charge in [0.25, 0.3) is 0 Å². The Kier molecular flexibility index (Phi) is 3.21. The molecule has 1 aromatic rings. The highest BCUT2D eigenvalue weighted by Crippen LogP contribution is 2.23. The summed E-state index contributed by atoms with van der Waals surface area (Å²) >= 11 is 0. The van der Waals surface area contributed by atoms with Crippen LogP contribution in [0.5, 0.6) is 0 Å². The Morgan fingerprint density at radius 1 is 1.50 bits per heavy atom.